The van der Waals surface area contributed by atoms with Crippen molar-refractivity contribution in [3.8, 4) is 0 Å². The number of aliphatic hydroxyl groups excluding tert-OH is 1. The second kappa shape index (κ2) is 6.56. The Morgan fingerprint density at radius 2 is 2.04 bits per heavy atom. The Labute approximate surface area is 155 Å². The Morgan fingerprint density at radius 1 is 1.27 bits per heavy atom. The van der Waals surface area contributed by atoms with E-state index in [9.17, 15) is 5.11 Å². The molecule has 142 valence electrons. The first kappa shape index (κ1) is 18.4. The fourth-order valence-corrected chi connectivity index (χ4v) is 6.26. The van der Waals surface area contributed by atoms with E-state index in [-0.39, 0.29) is 12.2 Å². The van der Waals surface area contributed by atoms with Gasteiger partial charge in [-0.2, -0.15) is 0 Å². The molecule has 2 aromatic rings. The third kappa shape index (κ3) is 2.99. The average Bonchev–Trinajstić information content (AvgIpc) is 3.09. The molecule has 0 bridgehead atoms. The van der Waals surface area contributed by atoms with Crippen molar-refractivity contribution < 1.29 is 23.4 Å². The van der Waals surface area contributed by atoms with Gasteiger partial charge in [0.25, 0.3) is 0 Å². The lowest BCUT2D eigenvalue weighted by Crippen LogP contribution is -2.44. The van der Waals surface area contributed by atoms with E-state index in [1.807, 2.05) is 27.7 Å². The molecular formula is C15H21N4O5PS. The van der Waals surface area contributed by atoms with E-state index >= 15 is 0 Å². The van der Waals surface area contributed by atoms with Gasteiger partial charge >= 0.3 is 6.72 Å². The molecule has 4 heterocycles. The molecule has 2 aliphatic rings. The molecule has 11 heteroatoms. The van der Waals surface area contributed by atoms with Crippen LogP contribution in [-0.4, -0.2) is 55.1 Å². The molecule has 0 radical (unpaired) electrons. The highest BCUT2D eigenvalue weighted by Gasteiger charge is 2.55. The average molecular weight is 400 g/mol. The lowest BCUT2D eigenvalue weighted by Gasteiger charge is -2.38. The highest BCUT2D eigenvalue weighted by Crippen LogP contribution is 2.59. The number of ether oxygens (including phenoxy) is 1. The van der Waals surface area contributed by atoms with E-state index < -0.39 is 31.3 Å². The van der Waals surface area contributed by atoms with E-state index in [1.165, 1.54) is 6.33 Å². The van der Waals surface area contributed by atoms with Gasteiger partial charge in [-0.15, -0.1) is 0 Å². The van der Waals surface area contributed by atoms with E-state index in [0.29, 0.717) is 11.2 Å². The molecular weight excluding hydrogens is 379 g/mol. The first-order chi connectivity index (χ1) is 12.3. The van der Waals surface area contributed by atoms with Gasteiger partial charge in [-0.1, -0.05) is 0 Å². The van der Waals surface area contributed by atoms with Gasteiger partial charge in [0.1, 0.15) is 30.2 Å². The summed E-state index contributed by atoms with van der Waals surface area (Å²) < 4.78 is 25.2. The quantitative estimate of drug-likeness (QED) is 0.774. The van der Waals surface area contributed by atoms with Crippen LogP contribution in [0.2, 0.25) is 0 Å². The second-order valence-corrected chi connectivity index (χ2v) is 9.62. The van der Waals surface area contributed by atoms with Crippen molar-refractivity contribution in [1.82, 2.24) is 19.5 Å². The number of rotatable bonds is 3. The van der Waals surface area contributed by atoms with Gasteiger partial charge in [0, 0.05) is 0 Å². The number of hydrogen-bond donors (Lipinski definition) is 1. The molecule has 2 unspecified atom stereocenters. The molecule has 9 nitrogen and oxygen atoms in total. The molecule has 26 heavy (non-hydrogen) atoms. The number of aromatic nitrogens is 4. The number of fused-ring (bicyclic) bond motifs is 2. The molecule has 2 aliphatic heterocycles. The van der Waals surface area contributed by atoms with Crippen LogP contribution >= 0.6 is 6.72 Å². The predicted octanol–water partition coefficient (Wildman–Crippen LogP) is 1.85. The Bertz CT molecular complexity index is 877. The highest BCUT2D eigenvalue weighted by atomic mass is 32.5. The fourth-order valence-electron chi connectivity index (χ4n) is 3.31. The Kier molecular flexibility index (Phi) is 4.63. The number of nitrogens with zero attached hydrogens (tertiary/aromatic N) is 4. The topological polar surface area (TPSA) is 101 Å². The van der Waals surface area contributed by atoms with Crippen LogP contribution in [-0.2, 0) is 30.1 Å². The van der Waals surface area contributed by atoms with Gasteiger partial charge in [0.15, 0.2) is 11.9 Å². The monoisotopic (exact) mass is 400 g/mol. The van der Waals surface area contributed by atoms with Gasteiger partial charge in [-0.3, -0.25) is 9.09 Å². The molecule has 2 saturated heterocycles. The summed E-state index contributed by atoms with van der Waals surface area (Å²) in [5.74, 6) is 0. The summed E-state index contributed by atoms with van der Waals surface area (Å²) in [6.45, 7) is 4.47. The van der Waals surface area contributed by atoms with Crippen LogP contribution in [0.3, 0.4) is 0 Å². The zero-order chi connectivity index (χ0) is 18.6. The molecule has 4 rings (SSSR count). The van der Waals surface area contributed by atoms with Crippen molar-refractivity contribution in [2.75, 3.05) is 0 Å². The van der Waals surface area contributed by atoms with Crippen LogP contribution in [0.25, 0.3) is 11.2 Å². The van der Waals surface area contributed by atoms with Crippen molar-refractivity contribution in [2.45, 2.75) is 64.4 Å². The normalized spacial score (nSPS) is 37.4. The van der Waals surface area contributed by atoms with Crippen LogP contribution in [0.1, 0.15) is 32.7 Å². The van der Waals surface area contributed by atoms with E-state index in [2.05, 4.69) is 15.0 Å². The molecule has 2 aromatic heterocycles. The summed E-state index contributed by atoms with van der Waals surface area (Å²) in [6.07, 6.45) is -0.253. The first-order valence-corrected chi connectivity index (χ1v) is 11.0. The minimum Gasteiger partial charge on any atom is -0.386 e. The maximum Gasteiger partial charge on any atom is 0.328 e. The largest absolute Gasteiger partial charge is 0.386 e. The van der Waals surface area contributed by atoms with Crippen LogP contribution in [0.5, 0.6) is 0 Å². The number of imidazole rings is 1. The number of aliphatic hydroxyl groups is 1. The van der Waals surface area contributed by atoms with Crippen LogP contribution in [0, 0.1) is 6.92 Å². The van der Waals surface area contributed by atoms with Crippen LogP contribution in [0.15, 0.2) is 12.7 Å². The van der Waals surface area contributed by atoms with E-state index in [1.54, 1.807) is 10.9 Å². The molecule has 0 amide bonds. The maximum absolute atomic E-state index is 10.9. The van der Waals surface area contributed by atoms with Gasteiger partial charge in [-0.05, 0) is 39.5 Å². The van der Waals surface area contributed by atoms with E-state index in [0.717, 1.165) is 5.69 Å². The predicted molar refractivity (Wildman–Crippen MR) is 95.9 cm³/mol. The Morgan fingerprint density at radius 3 is 2.77 bits per heavy atom. The maximum atomic E-state index is 10.9. The molecule has 0 saturated carbocycles. The lowest BCUT2D eigenvalue weighted by atomic mass is 10.1. The lowest BCUT2D eigenvalue weighted by molar-refractivity contribution is -0.0956. The van der Waals surface area contributed by atoms with Gasteiger partial charge in [0.05, 0.1) is 24.2 Å². The summed E-state index contributed by atoms with van der Waals surface area (Å²) in [7, 11) is 0. The molecule has 0 aliphatic carbocycles. The zero-order valence-electron chi connectivity index (χ0n) is 14.8. The minimum absolute atomic E-state index is 0.142. The zero-order valence-corrected chi connectivity index (χ0v) is 16.6. The standard InChI is InChI=1S/C15H21N4O5PS/c1-7(2)22-25(26)23-9(4)12-13(24-25)11(20)15(21-12)19-6-18-10-8(3)16-5-17-14(10)19/h5-7,9,11-13,15,20H,1-4H3/t9?,11-,12-,13+,15-,25?/m1/s1. The van der Waals surface area contributed by atoms with Crippen molar-refractivity contribution in [3.05, 3.63) is 18.3 Å². The van der Waals surface area contributed by atoms with Crippen LogP contribution in [0.4, 0.5) is 0 Å². The Balaban J connectivity index is 1.66. The SMILES string of the molecule is Cc1ncnc2c1ncn2[C@@H]1O[C@@H]2C(C)OP(=S)(OC(C)C)O[C@H]2[C@H]1O. The summed E-state index contributed by atoms with van der Waals surface area (Å²) >= 11 is 5.45. The second-order valence-electron chi connectivity index (χ2n) is 6.75. The Hall–Kier alpha value is -1.00. The van der Waals surface area contributed by atoms with Crippen molar-refractivity contribution in [1.29, 1.82) is 0 Å². The smallest absolute Gasteiger partial charge is 0.328 e. The summed E-state index contributed by atoms with van der Waals surface area (Å²) in [5, 5.41) is 10.9. The molecule has 2 fully saturated rings. The number of hydrogen-bond acceptors (Lipinski definition) is 9. The van der Waals surface area contributed by atoms with Crippen molar-refractivity contribution in [2.24, 2.45) is 0 Å². The van der Waals surface area contributed by atoms with Gasteiger partial charge in [-0.25, -0.2) is 15.0 Å². The van der Waals surface area contributed by atoms with Crippen molar-refractivity contribution >= 4 is 29.7 Å². The third-order valence-electron chi connectivity index (χ3n) is 4.41. The van der Waals surface area contributed by atoms with Gasteiger partial charge < -0.3 is 18.9 Å². The highest BCUT2D eigenvalue weighted by molar-refractivity contribution is 8.07. The molecule has 1 N–H and O–H groups in total. The number of aryl methyl sites for hydroxylation is 1. The summed E-state index contributed by atoms with van der Waals surface area (Å²) in [5.41, 5.74) is 2.01. The first-order valence-electron chi connectivity index (χ1n) is 8.42. The fraction of sp³-hybridized carbons (Fsp3) is 0.667. The summed E-state index contributed by atoms with van der Waals surface area (Å²) in [4.78, 5) is 12.7. The molecule has 0 spiro atoms. The van der Waals surface area contributed by atoms with E-state index in [4.69, 9.17) is 30.1 Å². The minimum atomic E-state index is -2.95. The molecule has 6 atom stereocenters. The third-order valence-corrected chi connectivity index (χ3v) is 6.96. The van der Waals surface area contributed by atoms with Crippen LogP contribution < -0.4 is 0 Å². The van der Waals surface area contributed by atoms with Crippen molar-refractivity contribution in [3.63, 3.8) is 0 Å². The van der Waals surface area contributed by atoms with Gasteiger partial charge in [0.2, 0.25) is 0 Å². The molecule has 0 aromatic carbocycles. The summed E-state index contributed by atoms with van der Waals surface area (Å²) in [6, 6.07) is 0.